The highest BCUT2D eigenvalue weighted by Gasteiger charge is 2.32. The number of hydrogen-bond acceptors (Lipinski definition) is 5. The van der Waals surface area contributed by atoms with Gasteiger partial charge >= 0.3 is 0 Å². The van der Waals surface area contributed by atoms with Crippen molar-refractivity contribution in [1.29, 1.82) is 0 Å². The smallest absolute Gasteiger partial charge is 0.110 e. The van der Waals surface area contributed by atoms with Crippen LogP contribution >= 0.6 is 0 Å². The third-order valence-electron chi connectivity index (χ3n) is 6.08. The summed E-state index contributed by atoms with van der Waals surface area (Å²) in [6.45, 7) is 1.34. The number of nitrogens with zero attached hydrogens (tertiary/aromatic N) is 4. The van der Waals surface area contributed by atoms with Crippen molar-refractivity contribution in [2.24, 2.45) is 17.4 Å². The first-order valence-corrected chi connectivity index (χ1v) is 10.6. The first-order chi connectivity index (χ1) is 14.3. The van der Waals surface area contributed by atoms with E-state index >= 15 is 0 Å². The highest BCUT2D eigenvalue weighted by molar-refractivity contribution is 5.27. The molecule has 3 unspecified atom stereocenters. The lowest BCUT2D eigenvalue weighted by molar-refractivity contribution is 0.295. The summed E-state index contributed by atoms with van der Waals surface area (Å²) in [4.78, 5) is 13.8. The zero-order valence-corrected chi connectivity index (χ0v) is 16.8. The van der Waals surface area contributed by atoms with Crippen molar-refractivity contribution < 1.29 is 0 Å². The van der Waals surface area contributed by atoms with E-state index in [0.717, 1.165) is 37.2 Å². The average molecular weight is 391 g/mol. The van der Waals surface area contributed by atoms with Gasteiger partial charge in [-0.1, -0.05) is 12.1 Å². The molecule has 6 heteroatoms. The van der Waals surface area contributed by atoms with Crippen molar-refractivity contribution in [3.63, 3.8) is 0 Å². The largest absolute Gasteiger partial charge is 0.330 e. The standard InChI is InChI=1S/C23H30N6/c24-10-9-19(20-8-3-5-17-6-4-12-28-23(17)20)21(25)15-22-27-13-14-29(22)16-18-7-1-2-11-26-18/h1-2,4,6-7,11-14,19-21H,3,5,8-10,15-16,24-25H2. The van der Waals surface area contributed by atoms with Crippen LogP contribution in [0.1, 0.15) is 48.0 Å². The van der Waals surface area contributed by atoms with Crippen molar-refractivity contribution >= 4 is 0 Å². The number of imidazole rings is 1. The van der Waals surface area contributed by atoms with Gasteiger partial charge in [-0.2, -0.15) is 0 Å². The number of pyridine rings is 2. The van der Waals surface area contributed by atoms with Crippen LogP contribution in [0.15, 0.2) is 55.1 Å². The predicted molar refractivity (Wildman–Crippen MR) is 114 cm³/mol. The van der Waals surface area contributed by atoms with Crippen LogP contribution in [-0.2, 0) is 19.4 Å². The second kappa shape index (κ2) is 9.29. The fraction of sp³-hybridized carbons (Fsp3) is 0.435. The zero-order valence-electron chi connectivity index (χ0n) is 16.8. The van der Waals surface area contributed by atoms with Crippen molar-refractivity contribution in [2.75, 3.05) is 6.54 Å². The molecule has 3 atom stereocenters. The van der Waals surface area contributed by atoms with Gasteiger partial charge in [-0.25, -0.2) is 4.98 Å². The summed E-state index contributed by atoms with van der Waals surface area (Å²) in [7, 11) is 0. The van der Waals surface area contributed by atoms with Crippen molar-refractivity contribution in [3.8, 4) is 0 Å². The number of rotatable bonds is 8. The van der Waals surface area contributed by atoms with Crippen LogP contribution in [0, 0.1) is 5.92 Å². The Morgan fingerprint density at radius 3 is 2.79 bits per heavy atom. The van der Waals surface area contributed by atoms with Gasteiger partial charge in [-0.15, -0.1) is 0 Å². The quantitative estimate of drug-likeness (QED) is 0.616. The van der Waals surface area contributed by atoms with Gasteiger partial charge in [0, 0.05) is 48.9 Å². The van der Waals surface area contributed by atoms with Crippen LogP contribution in [0.5, 0.6) is 0 Å². The van der Waals surface area contributed by atoms with Gasteiger partial charge in [0.25, 0.3) is 0 Å². The molecular weight excluding hydrogens is 360 g/mol. The van der Waals surface area contributed by atoms with E-state index < -0.39 is 0 Å². The van der Waals surface area contributed by atoms with E-state index in [2.05, 4.69) is 20.6 Å². The second-order valence-electron chi connectivity index (χ2n) is 7.95. The molecule has 0 aromatic carbocycles. The van der Waals surface area contributed by atoms with Crippen LogP contribution < -0.4 is 11.5 Å². The van der Waals surface area contributed by atoms with Crippen molar-refractivity contribution in [1.82, 2.24) is 19.5 Å². The van der Waals surface area contributed by atoms with E-state index in [1.165, 1.54) is 17.7 Å². The lowest BCUT2D eigenvalue weighted by Gasteiger charge is -2.35. The third-order valence-corrected chi connectivity index (χ3v) is 6.08. The number of nitrogens with two attached hydrogens (primary N) is 2. The Morgan fingerprint density at radius 2 is 1.97 bits per heavy atom. The molecule has 152 valence electrons. The van der Waals surface area contributed by atoms with Crippen LogP contribution in [0.2, 0.25) is 0 Å². The fourth-order valence-electron chi connectivity index (χ4n) is 4.67. The predicted octanol–water partition coefficient (Wildman–Crippen LogP) is 2.68. The van der Waals surface area contributed by atoms with Crippen molar-refractivity contribution in [2.45, 2.75) is 50.6 Å². The summed E-state index contributed by atoms with van der Waals surface area (Å²) in [6.07, 6.45) is 12.6. The minimum absolute atomic E-state index is 0.0126. The molecule has 3 aromatic rings. The third kappa shape index (κ3) is 4.54. The van der Waals surface area contributed by atoms with Gasteiger partial charge in [0.1, 0.15) is 5.82 Å². The van der Waals surface area contributed by atoms with E-state index in [-0.39, 0.29) is 6.04 Å². The van der Waals surface area contributed by atoms with Crippen LogP contribution in [0.4, 0.5) is 0 Å². The monoisotopic (exact) mass is 390 g/mol. The van der Waals surface area contributed by atoms with Crippen LogP contribution in [0.25, 0.3) is 0 Å². The molecule has 4 rings (SSSR count). The zero-order chi connectivity index (χ0) is 20.1. The Bertz CT molecular complexity index is 906. The topological polar surface area (TPSA) is 95.6 Å². The summed E-state index contributed by atoms with van der Waals surface area (Å²) in [5.41, 5.74) is 16.4. The average Bonchev–Trinajstić information content (AvgIpc) is 3.18. The summed E-state index contributed by atoms with van der Waals surface area (Å²) in [5, 5.41) is 0. The minimum atomic E-state index is -0.0126. The maximum Gasteiger partial charge on any atom is 0.110 e. The number of aromatic nitrogens is 4. The molecule has 3 heterocycles. The van der Waals surface area contributed by atoms with Gasteiger partial charge in [0.05, 0.1) is 12.2 Å². The molecule has 0 radical (unpaired) electrons. The van der Waals surface area contributed by atoms with Gasteiger partial charge < -0.3 is 16.0 Å². The number of fused-ring (bicyclic) bond motifs is 1. The lowest BCUT2D eigenvalue weighted by Crippen LogP contribution is -2.39. The SMILES string of the molecule is NCCC(C(N)Cc1nccn1Cc1ccccn1)C1CCCc2cccnc21. The van der Waals surface area contributed by atoms with Crippen molar-refractivity contribution in [3.05, 3.63) is 77.9 Å². The molecule has 29 heavy (non-hydrogen) atoms. The number of aryl methyl sites for hydroxylation is 1. The molecule has 0 saturated carbocycles. The minimum Gasteiger partial charge on any atom is -0.330 e. The molecule has 0 saturated heterocycles. The summed E-state index contributed by atoms with van der Waals surface area (Å²) in [6, 6.07) is 10.2. The fourth-order valence-corrected chi connectivity index (χ4v) is 4.67. The molecule has 0 amide bonds. The van der Waals surface area contributed by atoms with Gasteiger partial charge in [0.15, 0.2) is 0 Å². The Hall–Kier alpha value is -2.57. The Balaban J connectivity index is 1.52. The molecule has 3 aromatic heterocycles. The van der Waals surface area contributed by atoms with Gasteiger partial charge in [-0.3, -0.25) is 9.97 Å². The number of hydrogen-bond donors (Lipinski definition) is 2. The molecule has 4 N–H and O–H groups in total. The summed E-state index contributed by atoms with van der Waals surface area (Å²) in [5.74, 6) is 1.67. The molecule has 0 bridgehead atoms. The first-order valence-electron chi connectivity index (χ1n) is 10.6. The van der Waals surface area contributed by atoms with Gasteiger partial charge in [-0.05, 0) is 61.9 Å². The second-order valence-corrected chi connectivity index (χ2v) is 7.95. The lowest BCUT2D eigenvalue weighted by atomic mass is 9.73. The normalized spacial score (nSPS) is 18.2. The molecule has 1 aliphatic carbocycles. The molecule has 0 spiro atoms. The Labute approximate surface area is 172 Å². The molecule has 0 aliphatic heterocycles. The van der Waals surface area contributed by atoms with E-state index in [1.807, 2.05) is 49.1 Å². The molecule has 1 aliphatic rings. The first kappa shape index (κ1) is 19.7. The van der Waals surface area contributed by atoms with E-state index in [4.69, 9.17) is 16.5 Å². The Morgan fingerprint density at radius 1 is 1.07 bits per heavy atom. The van der Waals surface area contributed by atoms with Crippen LogP contribution in [0.3, 0.4) is 0 Å². The highest BCUT2D eigenvalue weighted by atomic mass is 15.1. The van der Waals surface area contributed by atoms with E-state index in [1.54, 1.807) is 0 Å². The summed E-state index contributed by atoms with van der Waals surface area (Å²) < 4.78 is 2.15. The van der Waals surface area contributed by atoms with E-state index in [0.29, 0.717) is 24.9 Å². The summed E-state index contributed by atoms with van der Waals surface area (Å²) >= 11 is 0. The van der Waals surface area contributed by atoms with E-state index in [9.17, 15) is 0 Å². The molecule has 0 fully saturated rings. The molecule has 6 nitrogen and oxygen atoms in total. The highest BCUT2D eigenvalue weighted by Crippen LogP contribution is 2.38. The van der Waals surface area contributed by atoms with Gasteiger partial charge in [0.2, 0.25) is 0 Å². The van der Waals surface area contributed by atoms with Crippen LogP contribution in [-0.4, -0.2) is 32.1 Å². The molecular formula is C23H30N6. The maximum absolute atomic E-state index is 6.79. The Kier molecular flexibility index (Phi) is 6.32. The maximum atomic E-state index is 6.79.